The smallest absolute Gasteiger partial charge is 0.323 e. The van der Waals surface area contributed by atoms with E-state index in [1.165, 1.54) is 0 Å². The lowest BCUT2D eigenvalue weighted by Gasteiger charge is -2.07. The van der Waals surface area contributed by atoms with E-state index in [1.54, 1.807) is 10.9 Å². The monoisotopic (exact) mass is 271 g/mol. The summed E-state index contributed by atoms with van der Waals surface area (Å²) in [5, 5.41) is 0. The van der Waals surface area contributed by atoms with Gasteiger partial charge in [-0.3, -0.25) is 9.99 Å². The number of hydrazine groups is 1. The second-order valence-electron chi connectivity index (χ2n) is 3.92. The van der Waals surface area contributed by atoms with Gasteiger partial charge in [-0.05, 0) is 19.1 Å². The van der Waals surface area contributed by atoms with Gasteiger partial charge in [0, 0.05) is 0 Å². The number of imidazole rings is 1. The number of nitrogens with one attached hydrogen (secondary N) is 1. The highest BCUT2D eigenvalue weighted by Crippen LogP contribution is 2.17. The minimum Gasteiger partial charge on any atom is -0.464 e. The summed E-state index contributed by atoms with van der Waals surface area (Å²) in [5.41, 5.74) is 4.15. The first-order valence-corrected chi connectivity index (χ1v) is 6.09. The number of benzene rings is 1. The summed E-state index contributed by atoms with van der Waals surface area (Å²) in [6.45, 7) is 2.31. The number of hydrogen-bond acceptors (Lipinski definition) is 7. The van der Waals surface area contributed by atoms with Crippen molar-refractivity contribution in [2.75, 3.05) is 12.0 Å². The summed E-state index contributed by atoms with van der Waals surface area (Å²) in [4.78, 5) is 16.8. The Kier molecular flexibility index (Phi) is 3.13. The zero-order valence-electron chi connectivity index (χ0n) is 10.8. The van der Waals surface area contributed by atoms with E-state index < -0.39 is 0 Å². The second-order valence-corrected chi connectivity index (χ2v) is 3.92. The molecule has 0 aliphatic heterocycles. The van der Waals surface area contributed by atoms with Gasteiger partial charge in [0.05, 0.1) is 17.6 Å². The van der Waals surface area contributed by atoms with Gasteiger partial charge in [0.1, 0.15) is 6.33 Å². The molecule has 0 amide bonds. The maximum atomic E-state index is 5.37. The summed E-state index contributed by atoms with van der Waals surface area (Å²) < 4.78 is 7.06. The van der Waals surface area contributed by atoms with Crippen molar-refractivity contribution in [2.45, 2.75) is 6.92 Å². The fourth-order valence-electron chi connectivity index (χ4n) is 1.83. The zero-order chi connectivity index (χ0) is 13.9. The number of nitrogen functional groups attached to an aromatic ring is 1. The average Bonchev–Trinajstić information content (AvgIpc) is 2.91. The molecule has 0 spiro atoms. The molecule has 102 valence electrons. The van der Waals surface area contributed by atoms with Crippen LogP contribution in [0.3, 0.4) is 0 Å². The number of fused-ring (bicyclic) bond motifs is 1. The lowest BCUT2D eigenvalue weighted by molar-refractivity contribution is 0.311. The van der Waals surface area contributed by atoms with Crippen molar-refractivity contribution < 1.29 is 4.74 Å². The first kappa shape index (κ1) is 12.3. The first-order chi connectivity index (χ1) is 9.81. The van der Waals surface area contributed by atoms with Crippen LogP contribution in [0, 0.1) is 0 Å². The Balaban J connectivity index is 2.15. The number of rotatable bonds is 4. The largest absolute Gasteiger partial charge is 0.464 e. The lowest BCUT2D eigenvalue weighted by atomic mass is 10.3. The van der Waals surface area contributed by atoms with E-state index in [9.17, 15) is 0 Å². The molecule has 3 N–H and O–H groups in total. The quantitative estimate of drug-likeness (QED) is 0.536. The Morgan fingerprint density at radius 2 is 2.10 bits per heavy atom. The molecule has 0 aliphatic rings. The molecule has 0 saturated carbocycles. The highest BCUT2D eigenvalue weighted by atomic mass is 16.5. The van der Waals surface area contributed by atoms with Crippen LogP contribution in [0.5, 0.6) is 6.01 Å². The molecular weight excluding hydrogens is 258 g/mol. The maximum absolute atomic E-state index is 5.37. The van der Waals surface area contributed by atoms with Crippen LogP contribution >= 0.6 is 0 Å². The van der Waals surface area contributed by atoms with Crippen LogP contribution in [-0.4, -0.2) is 31.1 Å². The van der Waals surface area contributed by atoms with Gasteiger partial charge in [0.2, 0.25) is 11.9 Å². The molecule has 0 unspecified atom stereocenters. The Morgan fingerprint density at radius 3 is 2.90 bits per heavy atom. The van der Waals surface area contributed by atoms with Gasteiger partial charge < -0.3 is 4.74 Å². The fraction of sp³-hybridized carbons (Fsp3) is 0.167. The van der Waals surface area contributed by atoms with Crippen molar-refractivity contribution in [3.63, 3.8) is 0 Å². The Morgan fingerprint density at radius 1 is 1.25 bits per heavy atom. The summed E-state index contributed by atoms with van der Waals surface area (Å²) in [5.74, 6) is 5.99. The molecule has 8 nitrogen and oxygen atoms in total. The van der Waals surface area contributed by atoms with Crippen LogP contribution in [0.15, 0.2) is 30.6 Å². The van der Waals surface area contributed by atoms with Gasteiger partial charge in [0.15, 0.2) is 0 Å². The van der Waals surface area contributed by atoms with Crippen LogP contribution in [0.2, 0.25) is 0 Å². The van der Waals surface area contributed by atoms with E-state index >= 15 is 0 Å². The van der Waals surface area contributed by atoms with Crippen molar-refractivity contribution in [1.82, 2.24) is 24.5 Å². The number of ether oxygens (including phenoxy) is 1. The number of nitrogens with two attached hydrogens (primary N) is 1. The zero-order valence-corrected chi connectivity index (χ0v) is 10.8. The average molecular weight is 271 g/mol. The molecule has 8 heteroatoms. The molecule has 0 saturated heterocycles. The molecule has 0 fully saturated rings. The maximum Gasteiger partial charge on any atom is 0.323 e. The molecule has 20 heavy (non-hydrogen) atoms. The number of para-hydroxylation sites is 2. The standard InChI is InChI=1S/C12H13N7O/c1-2-20-12-16-10(18-13)15-11(17-12)19-7-14-8-5-3-4-6-9(8)19/h3-7H,2,13H2,1H3,(H,15,16,17,18). The predicted octanol–water partition coefficient (Wildman–Crippen LogP) is 0.895. The molecular formula is C12H13N7O. The summed E-state index contributed by atoms with van der Waals surface area (Å²) in [6, 6.07) is 7.91. The summed E-state index contributed by atoms with van der Waals surface area (Å²) >= 11 is 0. The molecule has 0 bridgehead atoms. The number of hydrogen-bond donors (Lipinski definition) is 2. The van der Waals surface area contributed by atoms with E-state index in [0.29, 0.717) is 12.6 Å². The molecule has 3 aromatic rings. The third-order valence-electron chi connectivity index (χ3n) is 2.67. The normalized spacial score (nSPS) is 10.7. The third-order valence-corrected chi connectivity index (χ3v) is 2.67. The first-order valence-electron chi connectivity index (χ1n) is 6.09. The highest BCUT2D eigenvalue weighted by Gasteiger charge is 2.11. The SMILES string of the molecule is CCOc1nc(NN)nc(-n2cnc3ccccc32)n1. The Bertz CT molecular complexity index is 740. The van der Waals surface area contributed by atoms with Crippen LogP contribution < -0.4 is 16.0 Å². The van der Waals surface area contributed by atoms with Gasteiger partial charge in [-0.1, -0.05) is 12.1 Å². The Labute approximate surface area is 114 Å². The molecule has 0 radical (unpaired) electrons. The van der Waals surface area contributed by atoms with Gasteiger partial charge in [-0.15, -0.1) is 0 Å². The lowest BCUT2D eigenvalue weighted by Crippen LogP contribution is -2.14. The molecule has 0 atom stereocenters. The van der Waals surface area contributed by atoms with E-state index in [-0.39, 0.29) is 12.0 Å². The van der Waals surface area contributed by atoms with Gasteiger partial charge in [0.25, 0.3) is 0 Å². The van der Waals surface area contributed by atoms with Crippen LogP contribution in [0.1, 0.15) is 6.92 Å². The third kappa shape index (κ3) is 2.12. The van der Waals surface area contributed by atoms with Gasteiger partial charge >= 0.3 is 6.01 Å². The van der Waals surface area contributed by atoms with E-state index in [4.69, 9.17) is 10.6 Å². The van der Waals surface area contributed by atoms with E-state index in [1.807, 2.05) is 31.2 Å². The van der Waals surface area contributed by atoms with Gasteiger partial charge in [-0.25, -0.2) is 10.8 Å². The minimum atomic E-state index is 0.211. The van der Waals surface area contributed by atoms with Crippen LogP contribution in [0.4, 0.5) is 5.95 Å². The van der Waals surface area contributed by atoms with Crippen LogP contribution in [-0.2, 0) is 0 Å². The van der Waals surface area contributed by atoms with E-state index in [2.05, 4.69) is 25.4 Å². The van der Waals surface area contributed by atoms with Gasteiger partial charge in [-0.2, -0.15) is 15.0 Å². The van der Waals surface area contributed by atoms with Crippen molar-refractivity contribution in [2.24, 2.45) is 5.84 Å². The summed E-state index contributed by atoms with van der Waals surface area (Å²) in [6.07, 6.45) is 1.65. The molecule has 2 heterocycles. The topological polar surface area (TPSA) is 104 Å². The van der Waals surface area contributed by atoms with Crippen molar-refractivity contribution in [3.8, 4) is 12.0 Å². The summed E-state index contributed by atoms with van der Waals surface area (Å²) in [7, 11) is 0. The minimum absolute atomic E-state index is 0.211. The van der Waals surface area contributed by atoms with Crippen LogP contribution in [0.25, 0.3) is 17.0 Å². The second kappa shape index (κ2) is 5.10. The van der Waals surface area contributed by atoms with Crippen molar-refractivity contribution >= 4 is 17.0 Å². The van der Waals surface area contributed by atoms with Crippen molar-refractivity contribution in [1.29, 1.82) is 0 Å². The number of nitrogens with zero attached hydrogens (tertiary/aromatic N) is 5. The van der Waals surface area contributed by atoms with E-state index in [0.717, 1.165) is 11.0 Å². The fourth-order valence-corrected chi connectivity index (χ4v) is 1.83. The highest BCUT2D eigenvalue weighted by molar-refractivity contribution is 5.76. The van der Waals surface area contributed by atoms with Crippen molar-refractivity contribution in [3.05, 3.63) is 30.6 Å². The molecule has 1 aromatic carbocycles. The Hall–Kier alpha value is -2.74. The predicted molar refractivity (Wildman–Crippen MR) is 73.4 cm³/mol. The molecule has 2 aromatic heterocycles. The number of anilines is 1. The molecule has 0 aliphatic carbocycles. The number of aromatic nitrogens is 5. The molecule has 3 rings (SSSR count).